The molecule has 1 heterocycles. The Labute approximate surface area is 194 Å². The summed E-state index contributed by atoms with van der Waals surface area (Å²) in [5, 5.41) is 2.95. The maximum Gasteiger partial charge on any atom is 0.243 e. The molecule has 180 valence electrons. The molecule has 0 saturated carbocycles. The molecule has 0 saturated heterocycles. The molecule has 1 amide bonds. The molecule has 0 spiro atoms. The molecule has 3 rings (SSSR count). The lowest BCUT2D eigenvalue weighted by Crippen LogP contribution is -2.44. The van der Waals surface area contributed by atoms with Crippen LogP contribution in [0.3, 0.4) is 0 Å². The topological polar surface area (TPSA) is 103 Å². The van der Waals surface area contributed by atoms with Crippen LogP contribution >= 0.6 is 0 Å². The standard InChI is InChI=1S/C23H30N2O7S/c1-23(2)13-18(17-11-15(29-4)7-9-19(17)32-23)24-22(26)14-25(3)33(27,28)16-8-10-20(30-5)21(12-16)31-6/h7-12,18H,13-14H2,1-6H3,(H,24,26)/t18-/m1/s1. The molecule has 1 aliphatic heterocycles. The van der Waals surface area contributed by atoms with Gasteiger partial charge in [0.15, 0.2) is 11.5 Å². The Morgan fingerprint density at radius 2 is 1.79 bits per heavy atom. The highest BCUT2D eigenvalue weighted by Gasteiger charge is 2.35. The van der Waals surface area contributed by atoms with E-state index in [1.54, 1.807) is 13.2 Å². The van der Waals surface area contributed by atoms with E-state index >= 15 is 0 Å². The van der Waals surface area contributed by atoms with Crippen molar-refractivity contribution in [3.8, 4) is 23.0 Å². The minimum Gasteiger partial charge on any atom is -0.497 e. The summed E-state index contributed by atoms with van der Waals surface area (Å²) >= 11 is 0. The summed E-state index contributed by atoms with van der Waals surface area (Å²) in [6.07, 6.45) is 0.519. The number of amides is 1. The highest BCUT2D eigenvalue weighted by Crippen LogP contribution is 2.41. The number of rotatable bonds is 8. The van der Waals surface area contributed by atoms with Gasteiger partial charge < -0.3 is 24.3 Å². The molecule has 0 fully saturated rings. The summed E-state index contributed by atoms with van der Waals surface area (Å²) < 4.78 is 48.7. The van der Waals surface area contributed by atoms with E-state index < -0.39 is 21.5 Å². The van der Waals surface area contributed by atoms with Gasteiger partial charge in [-0.15, -0.1) is 0 Å². The van der Waals surface area contributed by atoms with Gasteiger partial charge in [-0.3, -0.25) is 4.79 Å². The Balaban J connectivity index is 1.78. The number of nitrogens with zero attached hydrogens (tertiary/aromatic N) is 1. The van der Waals surface area contributed by atoms with Crippen LogP contribution in [0.1, 0.15) is 31.9 Å². The fraction of sp³-hybridized carbons (Fsp3) is 0.435. The number of sulfonamides is 1. The molecule has 0 unspecified atom stereocenters. The van der Waals surface area contributed by atoms with Crippen LogP contribution in [0.5, 0.6) is 23.0 Å². The van der Waals surface area contributed by atoms with Crippen molar-refractivity contribution in [1.29, 1.82) is 0 Å². The predicted molar refractivity (Wildman–Crippen MR) is 123 cm³/mol. The molecule has 0 aromatic heterocycles. The average molecular weight is 479 g/mol. The van der Waals surface area contributed by atoms with Crippen molar-refractivity contribution in [2.24, 2.45) is 0 Å². The number of hydrogen-bond acceptors (Lipinski definition) is 7. The zero-order valence-corrected chi connectivity index (χ0v) is 20.5. The fourth-order valence-corrected chi connectivity index (χ4v) is 4.92. The van der Waals surface area contributed by atoms with Gasteiger partial charge >= 0.3 is 0 Å². The predicted octanol–water partition coefficient (Wildman–Crippen LogP) is 2.75. The van der Waals surface area contributed by atoms with Crippen LogP contribution in [0.15, 0.2) is 41.3 Å². The van der Waals surface area contributed by atoms with Gasteiger partial charge in [-0.05, 0) is 44.2 Å². The Hall–Kier alpha value is -2.98. The van der Waals surface area contributed by atoms with E-state index in [4.69, 9.17) is 18.9 Å². The summed E-state index contributed by atoms with van der Waals surface area (Å²) in [5.41, 5.74) is 0.282. The van der Waals surface area contributed by atoms with Gasteiger partial charge in [0.05, 0.1) is 38.8 Å². The number of methoxy groups -OCH3 is 3. The highest BCUT2D eigenvalue weighted by molar-refractivity contribution is 7.89. The summed E-state index contributed by atoms with van der Waals surface area (Å²) in [4.78, 5) is 12.9. The quantitative estimate of drug-likeness (QED) is 0.622. The maximum absolute atomic E-state index is 13.0. The van der Waals surface area contributed by atoms with Crippen molar-refractivity contribution in [3.05, 3.63) is 42.0 Å². The van der Waals surface area contributed by atoms with Crippen LogP contribution in [0.4, 0.5) is 0 Å². The molecule has 1 atom stereocenters. The summed E-state index contributed by atoms with van der Waals surface area (Å²) in [6, 6.07) is 9.35. The Kier molecular flexibility index (Phi) is 7.08. The van der Waals surface area contributed by atoms with Crippen LogP contribution in [-0.2, 0) is 14.8 Å². The smallest absolute Gasteiger partial charge is 0.243 e. The third kappa shape index (κ3) is 5.33. The second kappa shape index (κ2) is 9.48. The number of benzene rings is 2. The van der Waals surface area contributed by atoms with Gasteiger partial charge in [0.25, 0.3) is 0 Å². The Bertz CT molecular complexity index is 1130. The first kappa shape index (κ1) is 24.7. The number of nitrogens with one attached hydrogen (secondary N) is 1. The summed E-state index contributed by atoms with van der Waals surface area (Å²) in [5.74, 6) is 1.56. The van der Waals surface area contributed by atoms with E-state index in [1.165, 1.54) is 39.5 Å². The lowest BCUT2D eigenvalue weighted by molar-refractivity contribution is -0.122. The Morgan fingerprint density at radius 1 is 1.09 bits per heavy atom. The van der Waals surface area contributed by atoms with Gasteiger partial charge in [-0.1, -0.05) is 0 Å². The maximum atomic E-state index is 13.0. The van der Waals surface area contributed by atoms with Crippen molar-refractivity contribution in [2.75, 3.05) is 34.9 Å². The van der Waals surface area contributed by atoms with Crippen LogP contribution in [0, 0.1) is 0 Å². The number of carbonyl (C=O) groups is 1. The monoisotopic (exact) mass is 478 g/mol. The number of ether oxygens (including phenoxy) is 4. The average Bonchev–Trinajstić information content (AvgIpc) is 2.77. The second-order valence-corrected chi connectivity index (χ2v) is 10.4. The van der Waals surface area contributed by atoms with Crippen molar-refractivity contribution in [1.82, 2.24) is 9.62 Å². The van der Waals surface area contributed by atoms with E-state index in [0.29, 0.717) is 23.7 Å². The molecule has 1 aliphatic rings. The van der Waals surface area contributed by atoms with Crippen molar-refractivity contribution in [2.45, 2.75) is 36.8 Å². The van der Waals surface area contributed by atoms with E-state index in [1.807, 2.05) is 26.0 Å². The van der Waals surface area contributed by atoms with Crippen molar-refractivity contribution in [3.63, 3.8) is 0 Å². The molecule has 0 radical (unpaired) electrons. The minimum atomic E-state index is -3.93. The lowest BCUT2D eigenvalue weighted by atomic mass is 9.89. The van der Waals surface area contributed by atoms with Crippen LogP contribution in [0.25, 0.3) is 0 Å². The normalized spacial score (nSPS) is 17.0. The number of carbonyl (C=O) groups excluding carboxylic acids is 1. The molecule has 10 heteroatoms. The first-order chi connectivity index (χ1) is 15.5. The molecular formula is C23H30N2O7S. The number of likely N-dealkylation sites (N-methyl/N-ethyl adjacent to an activating group) is 1. The second-order valence-electron chi connectivity index (χ2n) is 8.37. The zero-order chi connectivity index (χ0) is 24.4. The fourth-order valence-electron chi connectivity index (χ4n) is 3.77. The summed E-state index contributed by atoms with van der Waals surface area (Å²) in [6.45, 7) is 3.52. The molecule has 0 bridgehead atoms. The van der Waals surface area contributed by atoms with Gasteiger partial charge in [-0.2, -0.15) is 4.31 Å². The summed E-state index contributed by atoms with van der Waals surface area (Å²) in [7, 11) is 1.88. The molecule has 2 aromatic carbocycles. The number of hydrogen-bond donors (Lipinski definition) is 1. The van der Waals surface area contributed by atoms with Gasteiger partial charge in [0, 0.05) is 25.1 Å². The van der Waals surface area contributed by atoms with Crippen molar-refractivity contribution >= 4 is 15.9 Å². The van der Waals surface area contributed by atoms with Crippen LogP contribution in [0.2, 0.25) is 0 Å². The Morgan fingerprint density at radius 3 is 2.42 bits per heavy atom. The minimum absolute atomic E-state index is 0.00210. The van der Waals surface area contributed by atoms with Gasteiger partial charge in [0.2, 0.25) is 15.9 Å². The first-order valence-electron chi connectivity index (χ1n) is 10.4. The van der Waals surface area contributed by atoms with Gasteiger partial charge in [-0.25, -0.2) is 8.42 Å². The van der Waals surface area contributed by atoms with Crippen molar-refractivity contribution < 1.29 is 32.2 Å². The molecule has 2 aromatic rings. The molecule has 1 N–H and O–H groups in total. The molecule has 33 heavy (non-hydrogen) atoms. The molecule has 0 aliphatic carbocycles. The zero-order valence-electron chi connectivity index (χ0n) is 19.7. The number of fused-ring (bicyclic) bond motifs is 1. The highest BCUT2D eigenvalue weighted by atomic mass is 32.2. The van der Waals surface area contributed by atoms with Crippen LogP contribution in [-0.4, -0.2) is 59.2 Å². The lowest BCUT2D eigenvalue weighted by Gasteiger charge is -2.38. The van der Waals surface area contributed by atoms with Crippen LogP contribution < -0.4 is 24.3 Å². The SMILES string of the molecule is COc1ccc2c(c1)[C@H](NC(=O)CN(C)S(=O)(=O)c1ccc(OC)c(OC)c1)CC(C)(C)O2. The largest absolute Gasteiger partial charge is 0.497 e. The van der Waals surface area contributed by atoms with E-state index in [-0.39, 0.29) is 23.2 Å². The van der Waals surface area contributed by atoms with E-state index in [2.05, 4.69) is 5.32 Å². The first-order valence-corrected chi connectivity index (χ1v) is 11.8. The van der Waals surface area contributed by atoms with E-state index in [0.717, 1.165) is 9.87 Å². The molecular weight excluding hydrogens is 448 g/mol. The third-order valence-electron chi connectivity index (χ3n) is 5.44. The van der Waals surface area contributed by atoms with E-state index in [9.17, 15) is 13.2 Å². The third-order valence-corrected chi connectivity index (χ3v) is 7.24. The molecule has 9 nitrogen and oxygen atoms in total. The van der Waals surface area contributed by atoms with Gasteiger partial charge in [0.1, 0.15) is 17.1 Å².